The summed E-state index contributed by atoms with van der Waals surface area (Å²) in [5.74, 6) is 0.172. The van der Waals surface area contributed by atoms with Gasteiger partial charge in [0, 0.05) is 24.5 Å². The van der Waals surface area contributed by atoms with E-state index in [0.29, 0.717) is 18.0 Å². The van der Waals surface area contributed by atoms with Gasteiger partial charge in [0.15, 0.2) is 5.82 Å². The number of nitrogens with zero attached hydrogens (tertiary/aromatic N) is 4. The van der Waals surface area contributed by atoms with Crippen molar-refractivity contribution in [1.82, 2.24) is 24.6 Å². The summed E-state index contributed by atoms with van der Waals surface area (Å²) in [4.78, 5) is 29.7. The van der Waals surface area contributed by atoms with Gasteiger partial charge in [-0.3, -0.25) is 9.78 Å². The lowest BCUT2D eigenvalue weighted by molar-refractivity contribution is -0.137. The number of carbonyl (C=O) groups is 1. The van der Waals surface area contributed by atoms with Gasteiger partial charge in [-0.1, -0.05) is 11.6 Å². The Morgan fingerprint density at radius 2 is 1.94 bits per heavy atom. The Balaban J connectivity index is 1.79. The summed E-state index contributed by atoms with van der Waals surface area (Å²) in [6.07, 6.45) is 0.416. The number of halogens is 4. The topological polar surface area (TPSA) is 81.8 Å². The van der Waals surface area contributed by atoms with Crippen LogP contribution in [-0.4, -0.2) is 31.8 Å². The smallest absolute Gasteiger partial charge is 0.354 e. The summed E-state index contributed by atoms with van der Waals surface area (Å²) in [5, 5.41) is 7.33. The van der Waals surface area contributed by atoms with Crippen LogP contribution in [0.1, 0.15) is 31.4 Å². The van der Waals surface area contributed by atoms with Gasteiger partial charge >= 0.3 is 11.9 Å². The standard InChI is InChI=1S/C21H19ClF3N5O2/c1-12(19(31)27-10-13-2-3-13)30-20(32)29(15-6-4-14(5-7-15)21(23,24)25)18(28-30)16-8-9-26-11-17(16)22/h4-9,11-13H,2-3,10H2,1H3,(H,27,31). The van der Waals surface area contributed by atoms with Crippen molar-refractivity contribution in [1.29, 1.82) is 0 Å². The Bertz CT molecular complexity index is 1200. The average molecular weight is 466 g/mol. The number of amides is 1. The second-order valence-corrected chi connectivity index (χ2v) is 8.06. The van der Waals surface area contributed by atoms with E-state index in [0.717, 1.165) is 34.2 Å². The summed E-state index contributed by atoms with van der Waals surface area (Å²) < 4.78 is 41.1. The average Bonchev–Trinajstić information content (AvgIpc) is 3.53. The molecule has 3 aromatic rings. The van der Waals surface area contributed by atoms with Crippen LogP contribution in [0.15, 0.2) is 47.5 Å². The highest BCUT2D eigenvalue weighted by Gasteiger charge is 2.31. The summed E-state index contributed by atoms with van der Waals surface area (Å²) >= 11 is 6.24. The van der Waals surface area contributed by atoms with Crippen molar-refractivity contribution in [3.63, 3.8) is 0 Å². The van der Waals surface area contributed by atoms with Crippen molar-refractivity contribution in [2.75, 3.05) is 6.54 Å². The number of rotatable bonds is 6. The predicted octanol–water partition coefficient (Wildman–Crippen LogP) is 3.86. The molecule has 2 heterocycles. The molecule has 0 saturated heterocycles. The molecule has 2 aromatic heterocycles. The summed E-state index contributed by atoms with van der Waals surface area (Å²) in [6, 6.07) is 4.70. The van der Waals surface area contributed by atoms with Crippen molar-refractivity contribution in [3.8, 4) is 17.1 Å². The first-order valence-electron chi connectivity index (χ1n) is 9.93. The molecular formula is C21H19ClF3N5O2. The number of hydrogen-bond donors (Lipinski definition) is 1. The van der Waals surface area contributed by atoms with Crippen molar-refractivity contribution < 1.29 is 18.0 Å². The maximum Gasteiger partial charge on any atom is 0.416 e. The normalized spacial score (nSPS) is 14.9. The molecule has 1 amide bonds. The minimum atomic E-state index is -4.51. The number of nitrogens with one attached hydrogen (secondary N) is 1. The number of carbonyl (C=O) groups excluding carboxylic acids is 1. The molecule has 1 N–H and O–H groups in total. The van der Waals surface area contributed by atoms with E-state index >= 15 is 0 Å². The zero-order valence-corrected chi connectivity index (χ0v) is 17.7. The Hall–Kier alpha value is -3.14. The van der Waals surface area contributed by atoms with Crippen LogP contribution >= 0.6 is 11.6 Å². The third-order valence-corrected chi connectivity index (χ3v) is 5.58. The molecule has 168 valence electrons. The minimum absolute atomic E-state index is 0.0870. The Morgan fingerprint density at radius 1 is 1.25 bits per heavy atom. The maximum absolute atomic E-state index is 13.3. The van der Waals surface area contributed by atoms with Crippen LogP contribution in [0.4, 0.5) is 13.2 Å². The number of aromatic nitrogens is 4. The SMILES string of the molecule is CC(C(=O)NCC1CC1)n1nc(-c2ccncc2Cl)n(-c2ccc(C(F)(F)F)cc2)c1=O. The van der Waals surface area contributed by atoms with Gasteiger partial charge in [0.1, 0.15) is 6.04 Å². The molecule has 32 heavy (non-hydrogen) atoms. The first-order valence-corrected chi connectivity index (χ1v) is 10.3. The van der Waals surface area contributed by atoms with Crippen LogP contribution in [0.5, 0.6) is 0 Å². The van der Waals surface area contributed by atoms with Gasteiger partial charge in [-0.25, -0.2) is 14.0 Å². The van der Waals surface area contributed by atoms with Crippen LogP contribution in [-0.2, 0) is 11.0 Å². The number of benzene rings is 1. The van der Waals surface area contributed by atoms with Gasteiger partial charge in [0.2, 0.25) is 5.91 Å². The molecule has 11 heteroatoms. The molecule has 1 fully saturated rings. The largest absolute Gasteiger partial charge is 0.416 e. The molecular weight excluding hydrogens is 447 g/mol. The monoisotopic (exact) mass is 465 g/mol. The fraction of sp³-hybridized carbons (Fsp3) is 0.333. The van der Waals surface area contributed by atoms with E-state index in [9.17, 15) is 22.8 Å². The van der Waals surface area contributed by atoms with Gasteiger partial charge in [0.05, 0.1) is 16.3 Å². The number of alkyl halides is 3. The lowest BCUT2D eigenvalue weighted by Crippen LogP contribution is -2.37. The van der Waals surface area contributed by atoms with Crippen molar-refractivity contribution in [3.05, 3.63) is 63.8 Å². The lowest BCUT2D eigenvalue weighted by Gasteiger charge is -2.11. The van der Waals surface area contributed by atoms with Gasteiger partial charge in [-0.05, 0) is 56.0 Å². The van der Waals surface area contributed by atoms with Gasteiger partial charge in [-0.15, -0.1) is 5.10 Å². The molecule has 1 aromatic carbocycles. The van der Waals surface area contributed by atoms with Crippen molar-refractivity contribution in [2.45, 2.75) is 32.0 Å². The molecule has 1 unspecified atom stereocenters. The van der Waals surface area contributed by atoms with Crippen molar-refractivity contribution in [2.24, 2.45) is 5.92 Å². The Kier molecular flexibility index (Phi) is 5.81. The van der Waals surface area contributed by atoms with E-state index < -0.39 is 23.5 Å². The second kappa shape index (κ2) is 8.42. The van der Waals surface area contributed by atoms with E-state index in [4.69, 9.17) is 11.6 Å². The number of hydrogen-bond acceptors (Lipinski definition) is 4. The molecule has 0 spiro atoms. The highest BCUT2D eigenvalue weighted by molar-refractivity contribution is 6.33. The molecule has 1 aliphatic rings. The quantitative estimate of drug-likeness (QED) is 0.599. The number of pyridine rings is 1. The van der Waals surface area contributed by atoms with Crippen LogP contribution in [0, 0.1) is 5.92 Å². The minimum Gasteiger partial charge on any atom is -0.354 e. The fourth-order valence-corrected chi connectivity index (χ4v) is 3.43. The lowest BCUT2D eigenvalue weighted by atomic mass is 10.2. The zero-order valence-electron chi connectivity index (χ0n) is 16.9. The van der Waals surface area contributed by atoms with E-state index in [1.54, 1.807) is 0 Å². The first kappa shape index (κ1) is 22.1. The van der Waals surface area contributed by atoms with Gasteiger partial charge < -0.3 is 5.32 Å². The molecule has 4 rings (SSSR count). The molecule has 1 atom stereocenters. The van der Waals surface area contributed by atoms with E-state index in [-0.39, 0.29) is 22.4 Å². The molecule has 1 saturated carbocycles. The first-order chi connectivity index (χ1) is 15.2. The maximum atomic E-state index is 13.3. The molecule has 7 nitrogen and oxygen atoms in total. The Morgan fingerprint density at radius 3 is 2.53 bits per heavy atom. The Labute approximate surface area is 185 Å². The summed E-state index contributed by atoms with van der Waals surface area (Å²) in [5.41, 5.74) is -1.02. The van der Waals surface area contributed by atoms with Crippen molar-refractivity contribution >= 4 is 17.5 Å². The molecule has 0 bridgehead atoms. The molecule has 0 aliphatic heterocycles. The highest BCUT2D eigenvalue weighted by atomic mass is 35.5. The molecule has 1 aliphatic carbocycles. The van der Waals surface area contributed by atoms with E-state index in [1.165, 1.54) is 37.5 Å². The van der Waals surface area contributed by atoms with Gasteiger partial charge in [0.25, 0.3) is 0 Å². The summed E-state index contributed by atoms with van der Waals surface area (Å²) in [6.45, 7) is 2.06. The van der Waals surface area contributed by atoms with Crippen LogP contribution in [0.2, 0.25) is 5.02 Å². The summed E-state index contributed by atoms with van der Waals surface area (Å²) in [7, 11) is 0. The molecule has 0 radical (unpaired) electrons. The zero-order chi connectivity index (χ0) is 23.0. The van der Waals surface area contributed by atoms with E-state index in [2.05, 4.69) is 15.4 Å². The van der Waals surface area contributed by atoms with Crippen LogP contribution in [0.25, 0.3) is 17.1 Å². The van der Waals surface area contributed by atoms with E-state index in [1.807, 2.05) is 0 Å². The predicted molar refractivity (Wildman–Crippen MR) is 112 cm³/mol. The third-order valence-electron chi connectivity index (χ3n) is 5.28. The fourth-order valence-electron chi connectivity index (χ4n) is 3.22. The van der Waals surface area contributed by atoms with Crippen LogP contribution < -0.4 is 11.0 Å². The van der Waals surface area contributed by atoms with Crippen LogP contribution in [0.3, 0.4) is 0 Å². The highest BCUT2D eigenvalue weighted by Crippen LogP contribution is 2.31. The second-order valence-electron chi connectivity index (χ2n) is 7.65. The van der Waals surface area contributed by atoms with Gasteiger partial charge in [-0.2, -0.15) is 13.2 Å². The third kappa shape index (κ3) is 4.40.